The Hall–Kier alpha value is -0.610. The molecule has 3 rings (SSSR count). The van der Waals surface area contributed by atoms with Gasteiger partial charge >= 0.3 is 0 Å². The summed E-state index contributed by atoms with van der Waals surface area (Å²) in [6.07, 6.45) is 5.55. The van der Waals surface area contributed by atoms with Gasteiger partial charge in [-0.3, -0.25) is 0 Å². The van der Waals surface area contributed by atoms with Crippen LogP contribution < -0.4 is 10.1 Å². The lowest BCUT2D eigenvalue weighted by molar-refractivity contribution is 0.292. The topological polar surface area (TPSA) is 21.3 Å². The van der Waals surface area contributed by atoms with Crippen LogP contribution in [-0.2, 0) is 0 Å². The van der Waals surface area contributed by atoms with E-state index in [4.69, 9.17) is 4.74 Å². The quantitative estimate of drug-likeness (QED) is 0.770. The molecule has 2 nitrogen and oxygen atoms in total. The second-order valence-corrected chi connectivity index (χ2v) is 6.43. The van der Waals surface area contributed by atoms with E-state index in [2.05, 4.69) is 21.2 Å². The van der Waals surface area contributed by atoms with Crippen LogP contribution in [0.25, 0.3) is 0 Å². The first-order chi connectivity index (χ1) is 9.24. The van der Waals surface area contributed by atoms with Gasteiger partial charge in [-0.05, 0) is 71.6 Å². The Morgan fingerprint density at radius 1 is 1.26 bits per heavy atom. The molecule has 0 spiro atoms. The highest BCUT2D eigenvalue weighted by Crippen LogP contribution is 2.44. The molecular weight excluding hydrogens is 309 g/mol. The van der Waals surface area contributed by atoms with Crippen molar-refractivity contribution in [3.8, 4) is 5.75 Å². The van der Waals surface area contributed by atoms with Crippen LogP contribution in [0.4, 0.5) is 4.39 Å². The van der Waals surface area contributed by atoms with Gasteiger partial charge in [0.15, 0.2) is 0 Å². The fraction of sp³-hybridized carbons (Fsp3) is 0.600. The molecule has 0 unspecified atom stereocenters. The van der Waals surface area contributed by atoms with Crippen molar-refractivity contribution < 1.29 is 9.13 Å². The number of benzene rings is 1. The molecule has 0 saturated heterocycles. The minimum atomic E-state index is -0.250. The van der Waals surface area contributed by atoms with Gasteiger partial charge in [0.2, 0.25) is 0 Å². The van der Waals surface area contributed by atoms with E-state index in [9.17, 15) is 4.39 Å². The predicted octanol–water partition coefficient (Wildman–Crippen LogP) is 3.75. The molecule has 1 N–H and O–H groups in total. The number of hydrogen-bond acceptors (Lipinski definition) is 2. The van der Waals surface area contributed by atoms with Crippen molar-refractivity contribution in [3.63, 3.8) is 0 Å². The molecule has 0 aromatic heterocycles. The lowest BCUT2D eigenvalue weighted by Gasteiger charge is -2.18. The Morgan fingerprint density at radius 3 is 2.53 bits per heavy atom. The highest BCUT2D eigenvalue weighted by Gasteiger charge is 2.40. The summed E-state index contributed by atoms with van der Waals surface area (Å²) in [6.45, 7) is 1.49. The van der Waals surface area contributed by atoms with Gasteiger partial charge in [0.05, 0.1) is 4.47 Å². The fourth-order valence-electron chi connectivity index (χ4n) is 2.61. The lowest BCUT2D eigenvalue weighted by atomic mass is 10.1. The zero-order valence-electron chi connectivity index (χ0n) is 10.9. The number of nitrogens with one attached hydrogen (secondary N) is 1. The van der Waals surface area contributed by atoms with Crippen LogP contribution in [-0.4, -0.2) is 19.2 Å². The Labute approximate surface area is 121 Å². The third-order valence-corrected chi connectivity index (χ3v) is 4.51. The Balaban J connectivity index is 1.42. The van der Waals surface area contributed by atoms with Crippen molar-refractivity contribution in [1.82, 2.24) is 5.32 Å². The van der Waals surface area contributed by atoms with Gasteiger partial charge in [0, 0.05) is 12.6 Å². The molecule has 2 fully saturated rings. The van der Waals surface area contributed by atoms with E-state index < -0.39 is 0 Å². The zero-order chi connectivity index (χ0) is 13.2. The van der Waals surface area contributed by atoms with Gasteiger partial charge < -0.3 is 10.1 Å². The average molecular weight is 328 g/mol. The summed E-state index contributed by atoms with van der Waals surface area (Å²) in [5.74, 6) is 2.27. The Morgan fingerprint density at radius 2 is 1.95 bits per heavy atom. The van der Waals surface area contributed by atoms with Gasteiger partial charge in [0.25, 0.3) is 0 Å². The number of rotatable bonds is 7. The van der Waals surface area contributed by atoms with E-state index in [1.807, 2.05) is 0 Å². The van der Waals surface area contributed by atoms with Gasteiger partial charge in [0.1, 0.15) is 18.2 Å². The van der Waals surface area contributed by atoms with E-state index in [1.54, 1.807) is 6.07 Å². The maximum Gasteiger partial charge on any atom is 0.133 e. The van der Waals surface area contributed by atoms with Gasteiger partial charge in [-0.15, -0.1) is 0 Å². The Kier molecular flexibility index (Phi) is 4.08. The second-order valence-electron chi connectivity index (χ2n) is 5.58. The smallest absolute Gasteiger partial charge is 0.133 e. The van der Waals surface area contributed by atoms with E-state index in [0.29, 0.717) is 22.9 Å². The standard InChI is InChI=1S/C15H19BrFNO/c16-13-9-12(17)5-6-14(13)19-8-7-18-15(10-1-2-10)11-3-4-11/h5-6,9-11,15,18H,1-4,7-8H2. The molecule has 0 aliphatic heterocycles. The van der Waals surface area contributed by atoms with E-state index in [0.717, 1.165) is 18.4 Å². The molecule has 4 heteroatoms. The second kappa shape index (κ2) is 5.80. The minimum absolute atomic E-state index is 0.250. The van der Waals surface area contributed by atoms with Gasteiger partial charge in [-0.25, -0.2) is 4.39 Å². The minimum Gasteiger partial charge on any atom is -0.491 e. The van der Waals surface area contributed by atoms with Crippen molar-refractivity contribution in [3.05, 3.63) is 28.5 Å². The first kappa shape index (κ1) is 13.4. The molecule has 2 aliphatic rings. The maximum atomic E-state index is 12.9. The molecular formula is C15H19BrFNO. The summed E-state index contributed by atoms with van der Waals surface area (Å²) in [5.41, 5.74) is 0. The number of ether oxygens (including phenoxy) is 1. The van der Waals surface area contributed by atoms with Crippen molar-refractivity contribution in [1.29, 1.82) is 0 Å². The van der Waals surface area contributed by atoms with Crippen LogP contribution in [0.15, 0.2) is 22.7 Å². The molecule has 1 aromatic carbocycles. The zero-order valence-corrected chi connectivity index (χ0v) is 12.5. The Bertz CT molecular complexity index is 434. The normalized spacial score (nSPS) is 18.9. The molecule has 2 aliphatic carbocycles. The van der Waals surface area contributed by atoms with Crippen molar-refractivity contribution in [2.75, 3.05) is 13.2 Å². The van der Waals surface area contributed by atoms with Crippen LogP contribution in [0.2, 0.25) is 0 Å². The lowest BCUT2D eigenvalue weighted by Crippen LogP contribution is -2.36. The fourth-order valence-corrected chi connectivity index (χ4v) is 3.07. The van der Waals surface area contributed by atoms with E-state index >= 15 is 0 Å². The molecule has 19 heavy (non-hydrogen) atoms. The van der Waals surface area contributed by atoms with E-state index in [-0.39, 0.29) is 5.82 Å². The summed E-state index contributed by atoms with van der Waals surface area (Å²) in [4.78, 5) is 0. The molecule has 0 bridgehead atoms. The number of halogens is 2. The molecule has 104 valence electrons. The van der Waals surface area contributed by atoms with Crippen LogP contribution >= 0.6 is 15.9 Å². The summed E-state index contributed by atoms with van der Waals surface area (Å²) >= 11 is 3.31. The predicted molar refractivity (Wildman–Crippen MR) is 76.8 cm³/mol. The van der Waals surface area contributed by atoms with Crippen molar-refractivity contribution >= 4 is 15.9 Å². The van der Waals surface area contributed by atoms with Gasteiger partial charge in [-0.1, -0.05) is 0 Å². The van der Waals surface area contributed by atoms with E-state index in [1.165, 1.54) is 37.8 Å². The summed E-state index contributed by atoms with van der Waals surface area (Å²) in [6, 6.07) is 5.23. The van der Waals surface area contributed by atoms with Crippen LogP contribution in [0.3, 0.4) is 0 Å². The average Bonchev–Trinajstić information content (AvgIpc) is 3.26. The van der Waals surface area contributed by atoms with Crippen LogP contribution in [0.1, 0.15) is 25.7 Å². The first-order valence-electron chi connectivity index (χ1n) is 7.05. The monoisotopic (exact) mass is 327 g/mol. The highest BCUT2D eigenvalue weighted by molar-refractivity contribution is 9.10. The molecule has 0 atom stereocenters. The summed E-state index contributed by atoms with van der Waals surface area (Å²) < 4.78 is 19.3. The SMILES string of the molecule is Fc1ccc(OCCNC(C2CC2)C2CC2)c(Br)c1. The largest absolute Gasteiger partial charge is 0.491 e. The third kappa shape index (κ3) is 3.69. The third-order valence-electron chi connectivity index (χ3n) is 3.89. The molecule has 1 aromatic rings. The van der Waals surface area contributed by atoms with Crippen molar-refractivity contribution in [2.24, 2.45) is 11.8 Å². The first-order valence-corrected chi connectivity index (χ1v) is 7.84. The van der Waals surface area contributed by atoms with Crippen LogP contribution in [0, 0.1) is 17.7 Å². The maximum absolute atomic E-state index is 12.9. The molecule has 2 saturated carbocycles. The van der Waals surface area contributed by atoms with Gasteiger partial charge in [-0.2, -0.15) is 0 Å². The summed E-state index contributed by atoms with van der Waals surface area (Å²) in [7, 11) is 0. The number of hydrogen-bond donors (Lipinski definition) is 1. The molecule has 0 amide bonds. The van der Waals surface area contributed by atoms with Crippen LogP contribution in [0.5, 0.6) is 5.75 Å². The molecule has 0 heterocycles. The van der Waals surface area contributed by atoms with Crippen molar-refractivity contribution in [2.45, 2.75) is 31.7 Å². The highest BCUT2D eigenvalue weighted by atomic mass is 79.9. The molecule has 0 radical (unpaired) electrons. The summed E-state index contributed by atoms with van der Waals surface area (Å²) in [5, 5.41) is 3.63.